The monoisotopic (exact) mass is 580 g/mol. The smallest absolute Gasteiger partial charge is 0.418 e. The molecule has 0 bridgehead atoms. The summed E-state index contributed by atoms with van der Waals surface area (Å²) in [6, 6.07) is 10.0. The van der Waals surface area contributed by atoms with Crippen LogP contribution in [0.2, 0.25) is 0 Å². The summed E-state index contributed by atoms with van der Waals surface area (Å²) in [4.78, 5) is 67.0. The van der Waals surface area contributed by atoms with Crippen molar-refractivity contribution in [3.63, 3.8) is 0 Å². The first-order valence-corrected chi connectivity index (χ1v) is 13.9. The molecule has 2 aromatic carbocycles. The van der Waals surface area contributed by atoms with Gasteiger partial charge in [-0.2, -0.15) is 0 Å². The van der Waals surface area contributed by atoms with Gasteiger partial charge in [-0.1, -0.05) is 24.6 Å². The number of halogens is 1. The lowest BCUT2D eigenvalue weighted by atomic mass is 9.84. The minimum atomic E-state index is -1.54. The van der Waals surface area contributed by atoms with Crippen LogP contribution >= 0.6 is 0 Å². The number of urea groups is 1. The second kappa shape index (κ2) is 11.8. The van der Waals surface area contributed by atoms with E-state index in [4.69, 9.17) is 9.47 Å². The summed E-state index contributed by atoms with van der Waals surface area (Å²) in [6.07, 6.45) is 2.08. The molecule has 1 spiro atoms. The van der Waals surface area contributed by atoms with Crippen LogP contribution in [0, 0.1) is 11.7 Å². The molecule has 0 radical (unpaired) electrons. The maximum absolute atomic E-state index is 13.8. The molecule has 0 aromatic heterocycles. The predicted octanol–water partition coefficient (Wildman–Crippen LogP) is 3.46. The van der Waals surface area contributed by atoms with Gasteiger partial charge >= 0.3 is 18.1 Å². The lowest BCUT2D eigenvalue weighted by Crippen LogP contribution is -2.49. The standard InChI is InChI=1S/C30H33FN4O7/c1-32-28(39)33-22-10-11-24-19(14-22)12-13-30(24)27(38)35(29(40)42-30)17-25(36)34(16-18-6-8-21(31)9-7-18)23-5-3-4-20(15-23)26(37)41-2/h6-11,14,20,23H,3-5,12-13,15-17H2,1-2H3,(H2,32,33,39)/t20-,23+,30-/m1/s1. The van der Waals surface area contributed by atoms with Crippen molar-refractivity contribution in [3.05, 3.63) is 65.0 Å². The molecule has 222 valence electrons. The third kappa shape index (κ3) is 5.53. The quantitative estimate of drug-likeness (QED) is 0.479. The van der Waals surface area contributed by atoms with Gasteiger partial charge in [0.15, 0.2) is 0 Å². The summed E-state index contributed by atoms with van der Waals surface area (Å²) in [7, 11) is 2.82. The van der Waals surface area contributed by atoms with Crippen LogP contribution in [0.3, 0.4) is 0 Å². The molecule has 5 rings (SSSR count). The summed E-state index contributed by atoms with van der Waals surface area (Å²) >= 11 is 0. The molecular weight excluding hydrogens is 547 g/mol. The third-order valence-corrected chi connectivity index (χ3v) is 8.35. The molecule has 2 fully saturated rings. The van der Waals surface area contributed by atoms with Gasteiger partial charge in [0.1, 0.15) is 12.4 Å². The third-order valence-electron chi connectivity index (χ3n) is 8.35. The number of aryl methyl sites for hydroxylation is 1. The number of nitrogens with one attached hydrogen (secondary N) is 2. The number of hydrogen-bond donors (Lipinski definition) is 2. The first-order valence-electron chi connectivity index (χ1n) is 13.9. The summed E-state index contributed by atoms with van der Waals surface area (Å²) in [5.41, 5.74) is 0.938. The molecule has 12 heteroatoms. The Labute approximate surface area is 242 Å². The Morgan fingerprint density at radius 1 is 1.14 bits per heavy atom. The molecule has 1 saturated heterocycles. The Kier molecular flexibility index (Phi) is 8.15. The van der Waals surface area contributed by atoms with Crippen molar-refractivity contribution in [2.75, 3.05) is 26.0 Å². The Hall–Kier alpha value is -4.48. The number of anilines is 1. The lowest BCUT2D eigenvalue weighted by molar-refractivity contribution is -0.149. The molecule has 2 aromatic rings. The minimum absolute atomic E-state index is 0.115. The van der Waals surface area contributed by atoms with Crippen LogP contribution in [0.15, 0.2) is 42.5 Å². The molecule has 0 unspecified atom stereocenters. The van der Waals surface area contributed by atoms with E-state index in [1.165, 1.54) is 26.3 Å². The van der Waals surface area contributed by atoms with Gasteiger partial charge in [0.25, 0.3) is 5.91 Å². The number of carbonyl (C=O) groups excluding carboxylic acids is 5. The average molecular weight is 581 g/mol. The van der Waals surface area contributed by atoms with E-state index < -0.39 is 41.9 Å². The van der Waals surface area contributed by atoms with Crippen molar-refractivity contribution in [3.8, 4) is 0 Å². The topological polar surface area (TPSA) is 134 Å². The zero-order chi connectivity index (χ0) is 30.0. The van der Waals surface area contributed by atoms with Crippen LogP contribution in [0.1, 0.15) is 48.8 Å². The number of benzene rings is 2. The lowest BCUT2D eigenvalue weighted by Gasteiger charge is -2.37. The van der Waals surface area contributed by atoms with E-state index in [0.717, 1.165) is 10.5 Å². The molecule has 2 N–H and O–H groups in total. The number of methoxy groups -OCH3 is 1. The van der Waals surface area contributed by atoms with Crippen molar-refractivity contribution in [2.45, 2.75) is 56.7 Å². The highest BCUT2D eigenvalue weighted by Crippen LogP contribution is 2.46. The van der Waals surface area contributed by atoms with Crippen molar-refractivity contribution < 1.29 is 37.8 Å². The van der Waals surface area contributed by atoms with Gasteiger partial charge in [-0.25, -0.2) is 18.9 Å². The van der Waals surface area contributed by atoms with E-state index in [0.29, 0.717) is 48.9 Å². The molecule has 1 heterocycles. The van der Waals surface area contributed by atoms with Gasteiger partial charge in [-0.05, 0) is 61.1 Å². The molecule has 3 atom stereocenters. The number of imide groups is 1. The van der Waals surface area contributed by atoms with E-state index in [9.17, 15) is 28.4 Å². The van der Waals surface area contributed by atoms with Crippen LogP contribution < -0.4 is 10.6 Å². The van der Waals surface area contributed by atoms with Gasteiger partial charge in [-0.15, -0.1) is 0 Å². The van der Waals surface area contributed by atoms with Crippen molar-refractivity contribution in [2.24, 2.45) is 5.92 Å². The SMILES string of the molecule is CNC(=O)Nc1ccc2c(c1)CC[C@@]21OC(=O)N(CC(=O)N(Cc2ccc(F)cc2)[C@H]2CCC[C@@H](C(=O)OC)C2)C1=O. The summed E-state index contributed by atoms with van der Waals surface area (Å²) in [6.45, 7) is -0.421. The molecule has 1 saturated carbocycles. The Morgan fingerprint density at radius 2 is 1.90 bits per heavy atom. The second-order valence-electron chi connectivity index (χ2n) is 10.9. The second-order valence-corrected chi connectivity index (χ2v) is 10.9. The highest BCUT2D eigenvalue weighted by Gasteiger charge is 2.58. The zero-order valence-corrected chi connectivity index (χ0v) is 23.5. The van der Waals surface area contributed by atoms with Crippen molar-refractivity contribution in [1.82, 2.24) is 15.1 Å². The summed E-state index contributed by atoms with van der Waals surface area (Å²) in [5, 5.41) is 5.15. The number of amides is 5. The zero-order valence-electron chi connectivity index (χ0n) is 23.5. The van der Waals surface area contributed by atoms with Crippen molar-refractivity contribution in [1.29, 1.82) is 0 Å². The number of carbonyl (C=O) groups is 5. The number of nitrogens with zero attached hydrogens (tertiary/aromatic N) is 2. The number of rotatable bonds is 7. The highest BCUT2D eigenvalue weighted by molar-refractivity contribution is 6.06. The van der Waals surface area contributed by atoms with Crippen LogP contribution in [0.25, 0.3) is 0 Å². The number of esters is 1. The Bertz CT molecular complexity index is 1410. The Morgan fingerprint density at radius 3 is 2.62 bits per heavy atom. The molecule has 11 nitrogen and oxygen atoms in total. The normalized spacial score (nSPS) is 22.9. The maximum Gasteiger partial charge on any atom is 0.418 e. The summed E-state index contributed by atoms with van der Waals surface area (Å²) < 4.78 is 24.2. The summed E-state index contributed by atoms with van der Waals surface area (Å²) in [5.74, 6) is -2.24. The van der Waals surface area contributed by atoms with Gasteiger partial charge in [0.2, 0.25) is 11.5 Å². The van der Waals surface area contributed by atoms with Crippen LogP contribution in [0.4, 0.5) is 19.7 Å². The van der Waals surface area contributed by atoms with Gasteiger partial charge in [0, 0.05) is 37.3 Å². The fourth-order valence-electron chi connectivity index (χ4n) is 6.19. The van der Waals surface area contributed by atoms with Gasteiger partial charge in [-0.3, -0.25) is 14.4 Å². The van der Waals surface area contributed by atoms with Crippen LogP contribution in [-0.4, -0.2) is 66.5 Å². The Balaban J connectivity index is 1.37. The highest BCUT2D eigenvalue weighted by atomic mass is 19.1. The molecule has 3 aliphatic rings. The average Bonchev–Trinajstić information content (AvgIpc) is 3.47. The number of hydrogen-bond acceptors (Lipinski definition) is 7. The van der Waals surface area contributed by atoms with Crippen LogP contribution in [-0.2, 0) is 42.4 Å². The van der Waals surface area contributed by atoms with E-state index >= 15 is 0 Å². The van der Waals surface area contributed by atoms with Gasteiger partial charge < -0.3 is 25.0 Å². The molecule has 42 heavy (non-hydrogen) atoms. The van der Waals surface area contributed by atoms with E-state index in [2.05, 4.69) is 10.6 Å². The fraction of sp³-hybridized carbons (Fsp3) is 0.433. The molecular formula is C30H33FN4O7. The molecule has 2 aliphatic carbocycles. The maximum atomic E-state index is 13.8. The van der Waals surface area contributed by atoms with E-state index in [1.54, 1.807) is 35.2 Å². The molecule has 1 aliphatic heterocycles. The first kappa shape index (κ1) is 29.0. The minimum Gasteiger partial charge on any atom is -0.469 e. The van der Waals surface area contributed by atoms with E-state index in [-0.39, 0.29) is 30.9 Å². The van der Waals surface area contributed by atoms with E-state index in [1.807, 2.05) is 0 Å². The van der Waals surface area contributed by atoms with Crippen molar-refractivity contribution >= 4 is 35.6 Å². The fourth-order valence-corrected chi connectivity index (χ4v) is 6.19. The predicted molar refractivity (Wildman–Crippen MR) is 147 cm³/mol. The first-order chi connectivity index (χ1) is 20.1. The van der Waals surface area contributed by atoms with Gasteiger partial charge in [0.05, 0.1) is 13.0 Å². The largest absolute Gasteiger partial charge is 0.469 e. The number of fused-ring (bicyclic) bond motifs is 2. The molecule has 5 amide bonds. The van der Waals surface area contributed by atoms with Crippen LogP contribution in [0.5, 0.6) is 0 Å². The number of ether oxygens (including phenoxy) is 2.